The highest BCUT2D eigenvalue weighted by atomic mass is 79.9. The van der Waals surface area contributed by atoms with Crippen molar-refractivity contribution >= 4 is 43.6 Å². The molecule has 1 N–H and O–H groups in total. The van der Waals surface area contributed by atoms with Crippen LogP contribution in [0.15, 0.2) is 27.1 Å². The Balaban J connectivity index is 2.65. The lowest BCUT2D eigenvalue weighted by atomic mass is 10.1. The molecule has 86 valence electrons. The van der Waals surface area contributed by atoms with Gasteiger partial charge in [0.1, 0.15) is 0 Å². The average molecular weight is 350 g/mol. The van der Waals surface area contributed by atoms with E-state index in [0.717, 1.165) is 8.95 Å². The van der Waals surface area contributed by atoms with Gasteiger partial charge in [0.25, 0.3) is 0 Å². The van der Waals surface area contributed by atoms with Crippen LogP contribution >= 0.6 is 31.9 Å². The molecule has 5 heteroatoms. The summed E-state index contributed by atoms with van der Waals surface area (Å²) < 4.78 is 1.56. The van der Waals surface area contributed by atoms with E-state index in [1.165, 1.54) is 0 Å². The predicted molar refractivity (Wildman–Crippen MR) is 67.7 cm³/mol. The number of hydrogen-bond donors (Lipinski definition) is 1. The second kappa shape index (κ2) is 6.15. The van der Waals surface area contributed by atoms with E-state index in [0.29, 0.717) is 12.0 Å². The van der Waals surface area contributed by atoms with Crippen LogP contribution in [0, 0.1) is 0 Å². The Morgan fingerprint density at radius 3 is 2.50 bits per heavy atom. The van der Waals surface area contributed by atoms with Crippen LogP contribution in [0.1, 0.15) is 29.6 Å². The molecular formula is C11H10Br2O3. The van der Waals surface area contributed by atoms with Gasteiger partial charge in [-0.25, -0.2) is 0 Å². The van der Waals surface area contributed by atoms with Gasteiger partial charge in [-0.05, 0) is 24.6 Å². The predicted octanol–water partition coefficient (Wildman–Crippen LogP) is 3.65. The number of rotatable bonds is 5. The van der Waals surface area contributed by atoms with Gasteiger partial charge in [-0.2, -0.15) is 0 Å². The Bertz CT molecular complexity index is 416. The quantitative estimate of drug-likeness (QED) is 0.825. The molecule has 0 aromatic heterocycles. The zero-order chi connectivity index (χ0) is 12.1. The molecule has 0 heterocycles. The van der Waals surface area contributed by atoms with E-state index in [1.807, 2.05) is 6.07 Å². The number of ketones is 1. The maximum atomic E-state index is 11.8. The van der Waals surface area contributed by atoms with Crippen LogP contribution in [0.25, 0.3) is 0 Å². The fraction of sp³-hybridized carbons (Fsp3) is 0.273. The van der Waals surface area contributed by atoms with Crippen LogP contribution in [0.2, 0.25) is 0 Å². The van der Waals surface area contributed by atoms with Gasteiger partial charge in [-0.15, -0.1) is 0 Å². The number of hydrogen-bond acceptors (Lipinski definition) is 2. The van der Waals surface area contributed by atoms with E-state index >= 15 is 0 Å². The zero-order valence-corrected chi connectivity index (χ0v) is 11.5. The number of aliphatic carboxylic acids is 1. The molecule has 0 aliphatic heterocycles. The molecule has 0 radical (unpaired) electrons. The van der Waals surface area contributed by atoms with Crippen molar-refractivity contribution in [1.82, 2.24) is 0 Å². The highest BCUT2D eigenvalue weighted by Gasteiger charge is 2.11. The summed E-state index contributed by atoms with van der Waals surface area (Å²) in [5.74, 6) is -0.921. The first-order valence-electron chi connectivity index (χ1n) is 4.70. The van der Waals surface area contributed by atoms with Crippen LogP contribution in [0.5, 0.6) is 0 Å². The largest absolute Gasteiger partial charge is 0.481 e. The first kappa shape index (κ1) is 13.4. The third-order valence-electron chi connectivity index (χ3n) is 2.02. The second-order valence-electron chi connectivity index (χ2n) is 3.29. The summed E-state index contributed by atoms with van der Waals surface area (Å²) in [5, 5.41) is 8.47. The topological polar surface area (TPSA) is 54.4 Å². The molecule has 0 unspecified atom stereocenters. The van der Waals surface area contributed by atoms with Crippen molar-refractivity contribution in [3.63, 3.8) is 0 Å². The Kier molecular flexibility index (Phi) is 5.15. The smallest absolute Gasteiger partial charge is 0.303 e. The summed E-state index contributed by atoms with van der Waals surface area (Å²) >= 11 is 6.58. The Labute approximate surface area is 110 Å². The summed E-state index contributed by atoms with van der Waals surface area (Å²) in [6, 6.07) is 5.35. The summed E-state index contributed by atoms with van der Waals surface area (Å²) in [4.78, 5) is 22.1. The Morgan fingerprint density at radius 1 is 1.19 bits per heavy atom. The zero-order valence-electron chi connectivity index (χ0n) is 8.37. The average Bonchev–Trinajstić information content (AvgIpc) is 2.21. The molecule has 0 spiro atoms. The number of carboxylic acids is 1. The van der Waals surface area contributed by atoms with Gasteiger partial charge in [-0.1, -0.05) is 31.9 Å². The van der Waals surface area contributed by atoms with Crippen molar-refractivity contribution in [3.05, 3.63) is 32.7 Å². The molecule has 0 aliphatic rings. The molecule has 0 fully saturated rings. The van der Waals surface area contributed by atoms with Crippen LogP contribution in [0.4, 0.5) is 0 Å². The van der Waals surface area contributed by atoms with Crippen molar-refractivity contribution in [3.8, 4) is 0 Å². The minimum Gasteiger partial charge on any atom is -0.481 e. The third kappa shape index (κ3) is 4.06. The first-order valence-corrected chi connectivity index (χ1v) is 6.29. The monoisotopic (exact) mass is 348 g/mol. The Morgan fingerprint density at radius 2 is 1.88 bits per heavy atom. The number of carboxylic acid groups (broad SMARTS) is 1. The molecule has 3 nitrogen and oxygen atoms in total. The van der Waals surface area contributed by atoms with E-state index in [4.69, 9.17) is 5.11 Å². The molecule has 1 rings (SSSR count). The van der Waals surface area contributed by atoms with Gasteiger partial charge in [-0.3, -0.25) is 9.59 Å². The van der Waals surface area contributed by atoms with E-state index in [-0.39, 0.29) is 18.6 Å². The summed E-state index contributed by atoms with van der Waals surface area (Å²) in [6.45, 7) is 0. The SMILES string of the molecule is O=C(O)CCCC(=O)c1cc(Br)ccc1Br. The first-order chi connectivity index (χ1) is 7.50. The minimum absolute atomic E-state index is 0.0252. The molecule has 0 saturated carbocycles. The standard InChI is InChI=1S/C11H10Br2O3/c12-7-4-5-9(13)8(6-7)10(14)2-1-3-11(15)16/h4-6H,1-3H2,(H,15,16). The summed E-state index contributed by atoms with van der Waals surface area (Å²) in [7, 11) is 0. The number of halogens is 2. The van der Waals surface area contributed by atoms with Crippen molar-refractivity contribution < 1.29 is 14.7 Å². The maximum Gasteiger partial charge on any atom is 0.303 e. The van der Waals surface area contributed by atoms with Gasteiger partial charge in [0.15, 0.2) is 5.78 Å². The lowest BCUT2D eigenvalue weighted by Crippen LogP contribution is -2.02. The fourth-order valence-electron chi connectivity index (χ4n) is 1.25. The van der Waals surface area contributed by atoms with Crippen molar-refractivity contribution in [2.45, 2.75) is 19.3 Å². The third-order valence-corrected chi connectivity index (χ3v) is 3.21. The molecule has 0 aliphatic carbocycles. The normalized spacial score (nSPS) is 10.1. The van der Waals surface area contributed by atoms with Gasteiger partial charge in [0.05, 0.1) is 0 Å². The highest BCUT2D eigenvalue weighted by molar-refractivity contribution is 9.11. The number of benzene rings is 1. The van der Waals surface area contributed by atoms with E-state index in [1.54, 1.807) is 12.1 Å². The molecule has 0 amide bonds. The van der Waals surface area contributed by atoms with Crippen LogP contribution in [-0.2, 0) is 4.79 Å². The number of carbonyl (C=O) groups excluding carboxylic acids is 1. The summed E-state index contributed by atoms with van der Waals surface area (Å²) in [5.41, 5.74) is 0.583. The molecular weight excluding hydrogens is 340 g/mol. The van der Waals surface area contributed by atoms with Crippen LogP contribution in [-0.4, -0.2) is 16.9 Å². The lowest BCUT2D eigenvalue weighted by molar-refractivity contribution is -0.137. The molecule has 1 aromatic carbocycles. The molecule has 0 saturated heterocycles. The Hall–Kier alpha value is -0.680. The molecule has 1 aromatic rings. The molecule has 16 heavy (non-hydrogen) atoms. The lowest BCUT2D eigenvalue weighted by Gasteiger charge is -2.03. The van der Waals surface area contributed by atoms with E-state index in [2.05, 4.69) is 31.9 Å². The minimum atomic E-state index is -0.874. The van der Waals surface area contributed by atoms with E-state index in [9.17, 15) is 9.59 Å². The van der Waals surface area contributed by atoms with Crippen molar-refractivity contribution in [2.75, 3.05) is 0 Å². The van der Waals surface area contributed by atoms with Gasteiger partial charge in [0.2, 0.25) is 0 Å². The second-order valence-corrected chi connectivity index (χ2v) is 5.06. The number of Topliss-reactive ketones (excluding diaryl/α,β-unsaturated/α-hetero) is 1. The summed E-state index contributed by atoms with van der Waals surface area (Å²) in [6.07, 6.45) is 0.645. The fourth-order valence-corrected chi connectivity index (χ4v) is 2.07. The van der Waals surface area contributed by atoms with Gasteiger partial charge < -0.3 is 5.11 Å². The maximum absolute atomic E-state index is 11.8. The molecule has 0 atom stereocenters. The molecule has 0 bridgehead atoms. The van der Waals surface area contributed by atoms with E-state index < -0.39 is 5.97 Å². The van der Waals surface area contributed by atoms with Crippen molar-refractivity contribution in [2.24, 2.45) is 0 Å². The van der Waals surface area contributed by atoms with Crippen molar-refractivity contribution in [1.29, 1.82) is 0 Å². The number of carbonyl (C=O) groups is 2. The highest BCUT2D eigenvalue weighted by Crippen LogP contribution is 2.23. The van der Waals surface area contributed by atoms with Gasteiger partial charge >= 0.3 is 5.97 Å². The van der Waals surface area contributed by atoms with Crippen LogP contribution < -0.4 is 0 Å². The van der Waals surface area contributed by atoms with Crippen LogP contribution in [0.3, 0.4) is 0 Å². The van der Waals surface area contributed by atoms with Gasteiger partial charge in [0, 0.05) is 27.4 Å².